The highest BCUT2D eigenvalue weighted by Gasteiger charge is 2.09. The Balaban J connectivity index is 2.11. The van der Waals surface area contributed by atoms with Crippen molar-refractivity contribution in [2.75, 3.05) is 6.54 Å². The molecular formula is C15H16N2O2. The van der Waals surface area contributed by atoms with Crippen LogP contribution < -0.4 is 10.6 Å². The molecule has 19 heavy (non-hydrogen) atoms. The minimum absolute atomic E-state index is 0.389. The van der Waals surface area contributed by atoms with E-state index in [1.165, 1.54) is 0 Å². The van der Waals surface area contributed by atoms with Crippen molar-refractivity contribution < 1.29 is 9.59 Å². The summed E-state index contributed by atoms with van der Waals surface area (Å²) in [6, 6.07) is 12.7. The average molecular weight is 256 g/mol. The molecule has 0 aromatic heterocycles. The van der Waals surface area contributed by atoms with Crippen molar-refractivity contribution in [3.8, 4) is 0 Å². The maximum atomic E-state index is 11.9. The molecule has 0 atom stereocenters. The quantitative estimate of drug-likeness (QED) is 0.887. The second-order valence-corrected chi connectivity index (χ2v) is 4.27. The van der Waals surface area contributed by atoms with E-state index < -0.39 is 6.03 Å². The molecule has 0 saturated heterocycles. The van der Waals surface area contributed by atoms with Crippen LogP contribution in [-0.4, -0.2) is 18.5 Å². The predicted molar refractivity (Wildman–Crippen MR) is 75.1 cm³/mol. The van der Waals surface area contributed by atoms with E-state index in [-0.39, 0.29) is 5.91 Å². The zero-order valence-corrected chi connectivity index (χ0v) is 10.8. The minimum atomic E-state index is -0.458. The first-order chi connectivity index (χ1) is 9.20. The van der Waals surface area contributed by atoms with Gasteiger partial charge in [-0.25, -0.2) is 4.79 Å². The summed E-state index contributed by atoms with van der Waals surface area (Å²) in [5.41, 5.74) is 0.477. The van der Waals surface area contributed by atoms with E-state index in [9.17, 15) is 9.59 Å². The van der Waals surface area contributed by atoms with Crippen LogP contribution in [-0.2, 0) is 0 Å². The molecule has 0 aliphatic rings. The van der Waals surface area contributed by atoms with Gasteiger partial charge in [0.2, 0.25) is 0 Å². The van der Waals surface area contributed by atoms with Gasteiger partial charge in [0, 0.05) is 12.1 Å². The fourth-order valence-corrected chi connectivity index (χ4v) is 1.79. The molecule has 4 nitrogen and oxygen atoms in total. The summed E-state index contributed by atoms with van der Waals surface area (Å²) in [6.45, 7) is 2.50. The fraction of sp³-hybridized carbons (Fsp3) is 0.200. The topological polar surface area (TPSA) is 58.2 Å². The first-order valence-electron chi connectivity index (χ1n) is 6.28. The first kappa shape index (κ1) is 13.1. The third kappa shape index (κ3) is 3.31. The standard InChI is InChI=1S/C15H16N2O2/c1-2-9-16-15(19)17-14(18)13-8-7-11-5-3-4-6-12(11)10-13/h3-8,10H,2,9H2,1H3,(H2,16,17,18,19). The van der Waals surface area contributed by atoms with E-state index in [2.05, 4.69) is 10.6 Å². The number of benzene rings is 2. The van der Waals surface area contributed by atoms with Crippen LogP contribution in [0.4, 0.5) is 4.79 Å². The molecule has 2 aromatic carbocycles. The molecule has 0 bridgehead atoms. The summed E-state index contributed by atoms with van der Waals surface area (Å²) in [4.78, 5) is 23.3. The highest BCUT2D eigenvalue weighted by atomic mass is 16.2. The highest BCUT2D eigenvalue weighted by molar-refractivity contribution is 6.06. The lowest BCUT2D eigenvalue weighted by Gasteiger charge is -2.06. The van der Waals surface area contributed by atoms with E-state index >= 15 is 0 Å². The molecular weight excluding hydrogens is 240 g/mol. The van der Waals surface area contributed by atoms with E-state index in [1.807, 2.05) is 37.3 Å². The third-order valence-corrected chi connectivity index (χ3v) is 2.77. The molecule has 0 unspecified atom stereocenters. The van der Waals surface area contributed by atoms with Gasteiger partial charge in [0.25, 0.3) is 5.91 Å². The molecule has 2 rings (SSSR count). The number of carbonyl (C=O) groups is 2. The number of nitrogens with one attached hydrogen (secondary N) is 2. The van der Waals surface area contributed by atoms with E-state index in [4.69, 9.17) is 0 Å². The Morgan fingerprint density at radius 2 is 1.79 bits per heavy atom. The van der Waals surface area contributed by atoms with Crippen molar-refractivity contribution >= 4 is 22.7 Å². The van der Waals surface area contributed by atoms with Crippen LogP contribution in [0.25, 0.3) is 10.8 Å². The Hall–Kier alpha value is -2.36. The molecule has 3 amide bonds. The second kappa shape index (κ2) is 6.00. The largest absolute Gasteiger partial charge is 0.338 e. The van der Waals surface area contributed by atoms with Crippen LogP contribution in [0.2, 0.25) is 0 Å². The average Bonchev–Trinajstić information content (AvgIpc) is 2.44. The maximum absolute atomic E-state index is 11.9. The predicted octanol–water partition coefficient (Wildman–Crippen LogP) is 2.69. The van der Waals surface area contributed by atoms with Crippen LogP contribution in [0, 0.1) is 0 Å². The molecule has 4 heteroatoms. The molecule has 0 aliphatic carbocycles. The van der Waals surface area contributed by atoms with E-state index in [0.29, 0.717) is 12.1 Å². The van der Waals surface area contributed by atoms with Crippen molar-refractivity contribution in [3.63, 3.8) is 0 Å². The Kier molecular flexibility index (Phi) is 4.13. The normalized spacial score (nSPS) is 10.2. The summed E-state index contributed by atoms with van der Waals surface area (Å²) < 4.78 is 0. The van der Waals surface area contributed by atoms with Gasteiger partial charge >= 0.3 is 6.03 Å². The van der Waals surface area contributed by atoms with Gasteiger partial charge in [-0.2, -0.15) is 0 Å². The van der Waals surface area contributed by atoms with E-state index in [0.717, 1.165) is 17.2 Å². The maximum Gasteiger partial charge on any atom is 0.321 e. The lowest BCUT2D eigenvalue weighted by Crippen LogP contribution is -2.39. The number of rotatable bonds is 3. The highest BCUT2D eigenvalue weighted by Crippen LogP contribution is 2.15. The van der Waals surface area contributed by atoms with Gasteiger partial charge in [-0.05, 0) is 29.3 Å². The van der Waals surface area contributed by atoms with Gasteiger partial charge in [-0.15, -0.1) is 0 Å². The minimum Gasteiger partial charge on any atom is -0.338 e. The van der Waals surface area contributed by atoms with Crippen LogP contribution in [0.1, 0.15) is 23.7 Å². The molecule has 0 fully saturated rings. The van der Waals surface area contributed by atoms with E-state index in [1.54, 1.807) is 12.1 Å². The Morgan fingerprint density at radius 1 is 1.05 bits per heavy atom. The first-order valence-corrected chi connectivity index (χ1v) is 6.28. The number of carbonyl (C=O) groups excluding carboxylic acids is 2. The number of hydrogen-bond acceptors (Lipinski definition) is 2. The molecule has 0 aliphatic heterocycles. The summed E-state index contributed by atoms with van der Waals surface area (Å²) >= 11 is 0. The zero-order chi connectivity index (χ0) is 13.7. The fourth-order valence-electron chi connectivity index (χ4n) is 1.79. The summed E-state index contributed by atoms with van der Waals surface area (Å²) in [5.74, 6) is -0.389. The van der Waals surface area contributed by atoms with Crippen molar-refractivity contribution in [1.82, 2.24) is 10.6 Å². The lowest BCUT2D eigenvalue weighted by molar-refractivity contribution is 0.0964. The number of amides is 3. The van der Waals surface area contributed by atoms with Gasteiger partial charge in [-0.3, -0.25) is 10.1 Å². The van der Waals surface area contributed by atoms with Gasteiger partial charge in [0.1, 0.15) is 0 Å². The third-order valence-electron chi connectivity index (χ3n) is 2.77. The van der Waals surface area contributed by atoms with Crippen molar-refractivity contribution in [3.05, 3.63) is 48.0 Å². The number of imide groups is 1. The number of fused-ring (bicyclic) bond motifs is 1. The summed E-state index contributed by atoms with van der Waals surface area (Å²) in [5, 5.41) is 6.95. The zero-order valence-electron chi connectivity index (χ0n) is 10.8. The van der Waals surface area contributed by atoms with Crippen molar-refractivity contribution in [2.45, 2.75) is 13.3 Å². The second-order valence-electron chi connectivity index (χ2n) is 4.27. The van der Waals surface area contributed by atoms with Gasteiger partial charge in [-0.1, -0.05) is 37.3 Å². The van der Waals surface area contributed by atoms with Crippen LogP contribution in [0.15, 0.2) is 42.5 Å². The lowest BCUT2D eigenvalue weighted by atomic mass is 10.1. The molecule has 98 valence electrons. The van der Waals surface area contributed by atoms with Gasteiger partial charge < -0.3 is 5.32 Å². The van der Waals surface area contributed by atoms with Crippen LogP contribution in [0.5, 0.6) is 0 Å². The number of hydrogen-bond donors (Lipinski definition) is 2. The smallest absolute Gasteiger partial charge is 0.321 e. The monoisotopic (exact) mass is 256 g/mol. The summed E-state index contributed by atoms with van der Waals surface area (Å²) in [7, 11) is 0. The van der Waals surface area contributed by atoms with Gasteiger partial charge in [0.05, 0.1) is 0 Å². The molecule has 2 aromatic rings. The van der Waals surface area contributed by atoms with Crippen LogP contribution >= 0.6 is 0 Å². The Labute approximate surface area is 111 Å². The molecule has 0 heterocycles. The molecule has 0 spiro atoms. The Bertz CT molecular complexity index is 608. The molecule has 2 N–H and O–H groups in total. The van der Waals surface area contributed by atoms with Crippen molar-refractivity contribution in [1.29, 1.82) is 0 Å². The van der Waals surface area contributed by atoms with Crippen molar-refractivity contribution in [2.24, 2.45) is 0 Å². The van der Waals surface area contributed by atoms with Crippen LogP contribution in [0.3, 0.4) is 0 Å². The number of urea groups is 1. The van der Waals surface area contributed by atoms with Gasteiger partial charge in [0.15, 0.2) is 0 Å². The molecule has 0 saturated carbocycles. The Morgan fingerprint density at radius 3 is 2.53 bits per heavy atom. The SMILES string of the molecule is CCCNC(=O)NC(=O)c1ccc2ccccc2c1. The summed E-state index contributed by atoms with van der Waals surface area (Å²) in [6.07, 6.45) is 0.831. The molecule has 0 radical (unpaired) electrons.